The van der Waals surface area contributed by atoms with Gasteiger partial charge in [0.15, 0.2) is 0 Å². The van der Waals surface area contributed by atoms with Gasteiger partial charge in [-0.2, -0.15) is 0 Å². The van der Waals surface area contributed by atoms with Gasteiger partial charge >= 0.3 is 0 Å². The Morgan fingerprint density at radius 1 is 1.38 bits per heavy atom. The Morgan fingerprint density at radius 2 is 2.00 bits per heavy atom. The summed E-state index contributed by atoms with van der Waals surface area (Å²) in [4.78, 5) is 12.9. The summed E-state index contributed by atoms with van der Waals surface area (Å²) >= 11 is 2.06. The van der Waals surface area contributed by atoms with Crippen LogP contribution in [0.4, 0.5) is 0 Å². The number of benzene rings is 1. The number of phenols is 1. The number of carbonyl (C=O) groups excluding carboxylic acids is 1. The molecule has 3 nitrogen and oxygen atoms in total. The molecule has 0 saturated carbocycles. The SMILES string of the molecule is CN(C)C(=O)c1cc(O)cc(I)c1. The second-order valence-corrected chi connectivity index (χ2v) is 4.14. The van der Waals surface area contributed by atoms with Gasteiger partial charge in [0.05, 0.1) is 0 Å². The van der Waals surface area contributed by atoms with Crippen LogP contribution >= 0.6 is 22.6 Å². The molecule has 0 saturated heterocycles. The van der Waals surface area contributed by atoms with Crippen molar-refractivity contribution in [3.63, 3.8) is 0 Å². The molecule has 0 aliphatic rings. The second-order valence-electron chi connectivity index (χ2n) is 2.90. The molecular formula is C9H10INO2. The van der Waals surface area contributed by atoms with Crippen LogP contribution in [0, 0.1) is 3.57 Å². The Bertz CT molecular complexity index is 316. The standard InChI is InChI=1S/C9H10INO2/c1-11(2)9(13)6-3-7(10)5-8(12)4-6/h3-5,12H,1-2H3. The van der Waals surface area contributed by atoms with Crippen LogP contribution in [0.3, 0.4) is 0 Å². The van der Waals surface area contributed by atoms with Crippen molar-refractivity contribution in [1.82, 2.24) is 4.90 Å². The summed E-state index contributed by atoms with van der Waals surface area (Å²) in [5.41, 5.74) is 0.509. The third-order valence-corrected chi connectivity index (χ3v) is 2.16. The van der Waals surface area contributed by atoms with Gasteiger partial charge in [0.25, 0.3) is 5.91 Å². The Hall–Kier alpha value is -0.780. The molecule has 0 aliphatic carbocycles. The summed E-state index contributed by atoms with van der Waals surface area (Å²) in [6.45, 7) is 0. The van der Waals surface area contributed by atoms with E-state index in [1.54, 1.807) is 26.2 Å². The van der Waals surface area contributed by atoms with E-state index >= 15 is 0 Å². The molecule has 1 aromatic rings. The monoisotopic (exact) mass is 291 g/mol. The maximum atomic E-state index is 11.5. The smallest absolute Gasteiger partial charge is 0.253 e. The Kier molecular flexibility index (Phi) is 3.13. The molecule has 1 amide bonds. The van der Waals surface area contributed by atoms with E-state index < -0.39 is 0 Å². The lowest BCUT2D eigenvalue weighted by atomic mass is 10.2. The van der Waals surface area contributed by atoms with Gasteiger partial charge in [0.1, 0.15) is 5.75 Å². The first-order chi connectivity index (χ1) is 6.00. The average Bonchev–Trinajstić information content (AvgIpc) is 2.01. The van der Waals surface area contributed by atoms with Crippen molar-refractivity contribution >= 4 is 28.5 Å². The lowest BCUT2D eigenvalue weighted by Crippen LogP contribution is -2.21. The number of carbonyl (C=O) groups is 1. The Labute approximate surface area is 90.5 Å². The van der Waals surface area contributed by atoms with Crippen LogP contribution in [0.15, 0.2) is 18.2 Å². The fraction of sp³-hybridized carbons (Fsp3) is 0.222. The van der Waals surface area contributed by atoms with E-state index in [1.807, 2.05) is 0 Å². The minimum atomic E-state index is -0.103. The summed E-state index contributed by atoms with van der Waals surface area (Å²) in [7, 11) is 3.36. The zero-order valence-electron chi connectivity index (χ0n) is 7.41. The fourth-order valence-electron chi connectivity index (χ4n) is 0.956. The van der Waals surface area contributed by atoms with Gasteiger partial charge in [-0.05, 0) is 40.8 Å². The van der Waals surface area contributed by atoms with Gasteiger partial charge in [0.2, 0.25) is 0 Å². The first-order valence-electron chi connectivity index (χ1n) is 3.72. The molecule has 1 rings (SSSR count). The van der Waals surface area contributed by atoms with Gasteiger partial charge in [-0.25, -0.2) is 0 Å². The molecule has 0 atom stereocenters. The van der Waals surface area contributed by atoms with E-state index in [4.69, 9.17) is 0 Å². The fourth-order valence-corrected chi connectivity index (χ4v) is 1.61. The van der Waals surface area contributed by atoms with E-state index in [1.165, 1.54) is 11.0 Å². The van der Waals surface area contributed by atoms with Gasteiger partial charge in [-0.3, -0.25) is 4.79 Å². The van der Waals surface area contributed by atoms with Crippen LogP contribution in [0.5, 0.6) is 5.75 Å². The molecule has 1 aromatic carbocycles. The zero-order valence-corrected chi connectivity index (χ0v) is 9.57. The number of aromatic hydroxyl groups is 1. The number of hydrogen-bond acceptors (Lipinski definition) is 2. The lowest BCUT2D eigenvalue weighted by Gasteiger charge is -2.10. The van der Waals surface area contributed by atoms with Gasteiger partial charge in [-0.15, -0.1) is 0 Å². The van der Waals surface area contributed by atoms with Crippen molar-refractivity contribution in [2.45, 2.75) is 0 Å². The highest BCUT2D eigenvalue weighted by atomic mass is 127. The number of hydrogen-bond donors (Lipinski definition) is 1. The number of halogens is 1. The Balaban J connectivity index is 3.08. The number of nitrogens with zero attached hydrogens (tertiary/aromatic N) is 1. The van der Waals surface area contributed by atoms with Crippen LogP contribution < -0.4 is 0 Å². The molecular weight excluding hydrogens is 281 g/mol. The van der Waals surface area contributed by atoms with Gasteiger partial charge in [0, 0.05) is 23.2 Å². The number of phenolic OH excluding ortho intramolecular Hbond substituents is 1. The quantitative estimate of drug-likeness (QED) is 0.800. The largest absolute Gasteiger partial charge is 0.508 e. The molecule has 0 heterocycles. The summed E-state index contributed by atoms with van der Waals surface area (Å²) in [6.07, 6.45) is 0. The number of amides is 1. The highest BCUT2D eigenvalue weighted by Gasteiger charge is 2.09. The van der Waals surface area contributed by atoms with Crippen molar-refractivity contribution in [2.24, 2.45) is 0 Å². The van der Waals surface area contributed by atoms with Crippen molar-refractivity contribution in [3.8, 4) is 5.75 Å². The van der Waals surface area contributed by atoms with Crippen molar-refractivity contribution < 1.29 is 9.90 Å². The van der Waals surface area contributed by atoms with E-state index in [0.717, 1.165) is 3.57 Å². The van der Waals surface area contributed by atoms with Crippen LogP contribution in [-0.4, -0.2) is 30.0 Å². The lowest BCUT2D eigenvalue weighted by molar-refractivity contribution is 0.0827. The summed E-state index contributed by atoms with van der Waals surface area (Å²) in [5.74, 6) is 0.0194. The molecule has 1 N–H and O–H groups in total. The minimum Gasteiger partial charge on any atom is -0.508 e. The molecule has 0 radical (unpaired) electrons. The van der Waals surface area contributed by atoms with Crippen LogP contribution in [0.2, 0.25) is 0 Å². The van der Waals surface area contributed by atoms with E-state index in [0.29, 0.717) is 5.56 Å². The van der Waals surface area contributed by atoms with Crippen LogP contribution in [0.1, 0.15) is 10.4 Å². The Morgan fingerprint density at radius 3 is 2.46 bits per heavy atom. The van der Waals surface area contributed by atoms with E-state index in [9.17, 15) is 9.90 Å². The summed E-state index contributed by atoms with van der Waals surface area (Å²) < 4.78 is 0.850. The normalized spacial score (nSPS) is 9.77. The molecule has 0 bridgehead atoms. The zero-order chi connectivity index (χ0) is 10.0. The second kappa shape index (κ2) is 3.95. The third-order valence-electron chi connectivity index (χ3n) is 1.54. The first kappa shape index (κ1) is 10.3. The predicted octanol–water partition coefficient (Wildman–Crippen LogP) is 1.70. The molecule has 0 unspecified atom stereocenters. The van der Waals surface area contributed by atoms with Crippen molar-refractivity contribution in [2.75, 3.05) is 14.1 Å². The maximum Gasteiger partial charge on any atom is 0.253 e. The highest BCUT2D eigenvalue weighted by molar-refractivity contribution is 14.1. The topological polar surface area (TPSA) is 40.5 Å². The maximum absolute atomic E-state index is 11.5. The molecule has 0 fully saturated rings. The summed E-state index contributed by atoms with van der Waals surface area (Å²) in [6, 6.07) is 4.81. The van der Waals surface area contributed by atoms with Gasteiger partial charge < -0.3 is 10.0 Å². The predicted molar refractivity (Wildman–Crippen MR) is 58.8 cm³/mol. The molecule has 4 heteroatoms. The van der Waals surface area contributed by atoms with Crippen LogP contribution in [0.25, 0.3) is 0 Å². The van der Waals surface area contributed by atoms with Gasteiger partial charge in [-0.1, -0.05) is 0 Å². The molecule has 70 valence electrons. The minimum absolute atomic E-state index is 0.103. The summed E-state index contributed by atoms with van der Waals surface area (Å²) in [5, 5.41) is 9.25. The van der Waals surface area contributed by atoms with E-state index in [-0.39, 0.29) is 11.7 Å². The highest BCUT2D eigenvalue weighted by Crippen LogP contribution is 2.17. The molecule has 0 aromatic heterocycles. The molecule has 0 aliphatic heterocycles. The van der Waals surface area contributed by atoms with Crippen molar-refractivity contribution in [3.05, 3.63) is 27.3 Å². The van der Waals surface area contributed by atoms with Crippen LogP contribution in [-0.2, 0) is 0 Å². The first-order valence-corrected chi connectivity index (χ1v) is 4.80. The molecule has 0 spiro atoms. The average molecular weight is 291 g/mol. The van der Waals surface area contributed by atoms with E-state index in [2.05, 4.69) is 22.6 Å². The third kappa shape index (κ3) is 2.58. The molecule has 13 heavy (non-hydrogen) atoms. The number of rotatable bonds is 1. The van der Waals surface area contributed by atoms with Crippen molar-refractivity contribution in [1.29, 1.82) is 0 Å².